The number of ether oxygens (including phenoxy) is 1. The summed E-state index contributed by atoms with van der Waals surface area (Å²) in [7, 11) is 2.90. The molecule has 5 heteroatoms. The molecule has 0 bridgehead atoms. The number of nitrogens with zero attached hydrogens (tertiary/aromatic N) is 2. The monoisotopic (exact) mass is 218 g/mol. The van der Waals surface area contributed by atoms with Gasteiger partial charge in [-0.25, -0.2) is 9.78 Å². The summed E-state index contributed by atoms with van der Waals surface area (Å²) in [5.41, 5.74) is 0.492. The Morgan fingerprint density at radius 3 is 2.88 bits per heavy atom. The van der Waals surface area contributed by atoms with E-state index in [1.807, 2.05) is 0 Å². The number of fused-ring (bicyclic) bond motifs is 1. The fraction of sp³-hybridized carbons (Fsp3) is 0.182. The third kappa shape index (κ3) is 1.46. The van der Waals surface area contributed by atoms with Crippen LogP contribution in [-0.2, 0) is 11.8 Å². The highest BCUT2D eigenvalue weighted by atomic mass is 16.5. The Kier molecular flexibility index (Phi) is 2.44. The first-order valence-electron chi connectivity index (χ1n) is 4.68. The zero-order valence-electron chi connectivity index (χ0n) is 8.93. The molecule has 82 valence electrons. The van der Waals surface area contributed by atoms with Crippen LogP contribution < -0.4 is 5.56 Å². The maximum absolute atomic E-state index is 11.8. The average molecular weight is 218 g/mol. The van der Waals surface area contributed by atoms with Crippen LogP contribution in [0.3, 0.4) is 0 Å². The second-order valence-corrected chi connectivity index (χ2v) is 3.35. The molecule has 0 spiro atoms. The van der Waals surface area contributed by atoms with Gasteiger partial charge in [0, 0.05) is 7.05 Å². The number of benzene rings is 1. The van der Waals surface area contributed by atoms with E-state index in [1.54, 1.807) is 25.2 Å². The topological polar surface area (TPSA) is 61.2 Å². The fourth-order valence-electron chi connectivity index (χ4n) is 1.52. The predicted octanol–water partition coefficient (Wildman–Crippen LogP) is 0.720. The average Bonchev–Trinajstić information content (AvgIpc) is 2.32. The van der Waals surface area contributed by atoms with Gasteiger partial charge in [-0.1, -0.05) is 6.07 Å². The smallest absolute Gasteiger partial charge is 0.340 e. The molecule has 0 unspecified atom stereocenters. The third-order valence-electron chi connectivity index (χ3n) is 2.35. The molecule has 0 radical (unpaired) electrons. The minimum Gasteiger partial charge on any atom is -0.465 e. The van der Waals surface area contributed by atoms with E-state index in [9.17, 15) is 9.59 Å². The molecule has 1 aromatic carbocycles. The Morgan fingerprint density at radius 1 is 1.44 bits per heavy atom. The Hall–Kier alpha value is -2.17. The van der Waals surface area contributed by atoms with Gasteiger partial charge in [-0.15, -0.1) is 0 Å². The van der Waals surface area contributed by atoms with Gasteiger partial charge in [0.1, 0.15) is 0 Å². The molecule has 16 heavy (non-hydrogen) atoms. The van der Waals surface area contributed by atoms with Crippen LogP contribution in [0.2, 0.25) is 0 Å². The largest absolute Gasteiger partial charge is 0.465 e. The van der Waals surface area contributed by atoms with E-state index < -0.39 is 5.97 Å². The molecule has 0 fully saturated rings. The molecular formula is C11H10N2O3. The van der Waals surface area contributed by atoms with Gasteiger partial charge >= 0.3 is 5.97 Å². The Bertz CT molecular complexity index is 616. The van der Waals surface area contributed by atoms with Crippen LogP contribution in [0.15, 0.2) is 29.3 Å². The molecule has 2 rings (SSSR count). The van der Waals surface area contributed by atoms with Crippen LogP contribution >= 0.6 is 0 Å². The minimum atomic E-state index is -0.494. The highest BCUT2D eigenvalue weighted by molar-refractivity contribution is 6.02. The first-order chi connectivity index (χ1) is 7.65. The van der Waals surface area contributed by atoms with Gasteiger partial charge in [0.25, 0.3) is 5.56 Å². The summed E-state index contributed by atoms with van der Waals surface area (Å²) >= 11 is 0. The summed E-state index contributed by atoms with van der Waals surface area (Å²) < 4.78 is 5.99. The van der Waals surface area contributed by atoms with E-state index in [4.69, 9.17) is 0 Å². The summed E-state index contributed by atoms with van der Waals surface area (Å²) in [5, 5.41) is 0.410. The van der Waals surface area contributed by atoms with Crippen LogP contribution in [0.25, 0.3) is 10.9 Å². The molecule has 0 aliphatic heterocycles. The molecule has 0 aliphatic carbocycles. The lowest BCUT2D eigenvalue weighted by atomic mass is 10.1. The zero-order chi connectivity index (χ0) is 11.7. The Balaban J connectivity index is 2.85. The Morgan fingerprint density at radius 2 is 2.19 bits per heavy atom. The molecule has 2 aromatic rings. The first-order valence-corrected chi connectivity index (χ1v) is 4.68. The highest BCUT2D eigenvalue weighted by Crippen LogP contribution is 2.13. The fourth-order valence-corrected chi connectivity index (χ4v) is 1.52. The molecule has 5 nitrogen and oxygen atoms in total. The zero-order valence-corrected chi connectivity index (χ0v) is 8.93. The van der Waals surface area contributed by atoms with E-state index in [-0.39, 0.29) is 5.56 Å². The standard InChI is InChI=1S/C11H10N2O3/c1-13-6-12-9-7(10(13)14)4-3-5-8(9)11(15)16-2/h3-6H,1-2H3. The Labute approximate surface area is 91.3 Å². The van der Waals surface area contributed by atoms with E-state index >= 15 is 0 Å². The molecule has 0 saturated heterocycles. The summed E-state index contributed by atoms with van der Waals surface area (Å²) in [6.07, 6.45) is 1.39. The lowest BCUT2D eigenvalue weighted by molar-refractivity contribution is 0.0603. The highest BCUT2D eigenvalue weighted by Gasteiger charge is 2.12. The number of aromatic nitrogens is 2. The van der Waals surface area contributed by atoms with Gasteiger partial charge in [0.15, 0.2) is 0 Å². The lowest BCUT2D eigenvalue weighted by Crippen LogP contribution is -2.18. The number of carbonyl (C=O) groups is 1. The normalized spacial score (nSPS) is 10.4. The maximum Gasteiger partial charge on any atom is 0.340 e. The van der Waals surface area contributed by atoms with Crippen molar-refractivity contribution in [2.24, 2.45) is 7.05 Å². The van der Waals surface area contributed by atoms with Crippen molar-refractivity contribution in [2.75, 3.05) is 7.11 Å². The SMILES string of the molecule is COC(=O)c1cccc2c(=O)n(C)cnc12. The second kappa shape index (κ2) is 3.77. The second-order valence-electron chi connectivity index (χ2n) is 3.35. The summed E-state index contributed by atoms with van der Waals surface area (Å²) in [6.45, 7) is 0. The number of hydrogen-bond acceptors (Lipinski definition) is 4. The summed E-state index contributed by atoms with van der Waals surface area (Å²) in [5.74, 6) is -0.494. The molecule has 0 N–H and O–H groups in total. The minimum absolute atomic E-state index is 0.184. The van der Waals surface area contributed by atoms with Crippen molar-refractivity contribution in [3.63, 3.8) is 0 Å². The van der Waals surface area contributed by atoms with Crippen molar-refractivity contribution in [3.8, 4) is 0 Å². The number of aryl methyl sites for hydroxylation is 1. The molecule has 0 amide bonds. The van der Waals surface area contributed by atoms with Crippen molar-refractivity contribution in [3.05, 3.63) is 40.4 Å². The first kappa shape index (κ1) is 10.4. The van der Waals surface area contributed by atoms with Crippen molar-refractivity contribution in [2.45, 2.75) is 0 Å². The van der Waals surface area contributed by atoms with Gasteiger partial charge < -0.3 is 9.30 Å². The van der Waals surface area contributed by atoms with Crippen molar-refractivity contribution in [1.29, 1.82) is 0 Å². The molecule has 0 aliphatic rings. The van der Waals surface area contributed by atoms with Crippen molar-refractivity contribution < 1.29 is 9.53 Å². The van der Waals surface area contributed by atoms with E-state index in [2.05, 4.69) is 9.72 Å². The number of rotatable bonds is 1. The predicted molar refractivity (Wildman–Crippen MR) is 58.3 cm³/mol. The van der Waals surface area contributed by atoms with Crippen molar-refractivity contribution >= 4 is 16.9 Å². The quantitative estimate of drug-likeness (QED) is 0.662. The number of methoxy groups -OCH3 is 1. The van der Waals surface area contributed by atoms with E-state index in [1.165, 1.54) is 18.0 Å². The van der Waals surface area contributed by atoms with Crippen molar-refractivity contribution in [1.82, 2.24) is 9.55 Å². The van der Waals surface area contributed by atoms with Crippen LogP contribution in [0.4, 0.5) is 0 Å². The summed E-state index contributed by atoms with van der Waals surface area (Å²) in [4.78, 5) is 27.3. The van der Waals surface area contributed by atoms with Gasteiger partial charge in [0.2, 0.25) is 0 Å². The summed E-state index contributed by atoms with van der Waals surface area (Å²) in [6, 6.07) is 4.86. The maximum atomic E-state index is 11.8. The van der Waals surface area contributed by atoms with Gasteiger partial charge in [-0.05, 0) is 12.1 Å². The van der Waals surface area contributed by atoms with Crippen LogP contribution in [0.5, 0.6) is 0 Å². The molecule has 1 aromatic heterocycles. The molecule has 1 heterocycles. The van der Waals surface area contributed by atoms with E-state index in [0.29, 0.717) is 16.5 Å². The van der Waals surface area contributed by atoms with Crippen LogP contribution in [0.1, 0.15) is 10.4 Å². The number of hydrogen-bond donors (Lipinski definition) is 0. The number of carbonyl (C=O) groups excluding carboxylic acids is 1. The van der Waals surface area contributed by atoms with Gasteiger partial charge in [0.05, 0.1) is 29.9 Å². The van der Waals surface area contributed by atoms with E-state index in [0.717, 1.165) is 0 Å². The molecule has 0 atom stereocenters. The van der Waals surface area contributed by atoms with Gasteiger partial charge in [-0.2, -0.15) is 0 Å². The number of esters is 1. The molecular weight excluding hydrogens is 208 g/mol. The number of para-hydroxylation sites is 1. The van der Waals surface area contributed by atoms with Crippen LogP contribution in [-0.4, -0.2) is 22.6 Å². The lowest BCUT2D eigenvalue weighted by Gasteiger charge is -2.04. The molecule has 0 saturated carbocycles. The third-order valence-corrected chi connectivity index (χ3v) is 2.35. The van der Waals surface area contributed by atoms with Crippen LogP contribution in [0, 0.1) is 0 Å². The van der Waals surface area contributed by atoms with Gasteiger partial charge in [-0.3, -0.25) is 4.79 Å².